The van der Waals surface area contributed by atoms with Gasteiger partial charge in [-0.25, -0.2) is 8.42 Å². The van der Waals surface area contributed by atoms with E-state index in [2.05, 4.69) is 5.32 Å². The molecule has 8 nitrogen and oxygen atoms in total. The summed E-state index contributed by atoms with van der Waals surface area (Å²) in [7, 11) is -2.76. The smallest absolute Gasteiger partial charge is 0.264 e. The van der Waals surface area contributed by atoms with Crippen LogP contribution in [0.1, 0.15) is 37.0 Å². The zero-order valence-corrected chi connectivity index (χ0v) is 25.1. The first-order chi connectivity index (χ1) is 19.0. The predicted molar refractivity (Wildman–Crippen MR) is 158 cm³/mol. The van der Waals surface area contributed by atoms with Crippen molar-refractivity contribution < 1.29 is 22.7 Å². The number of sulfonamides is 1. The van der Waals surface area contributed by atoms with Crippen molar-refractivity contribution in [2.45, 2.75) is 51.6 Å². The van der Waals surface area contributed by atoms with E-state index in [1.807, 2.05) is 20.8 Å². The molecule has 1 N–H and O–H groups in total. The number of amides is 2. The Morgan fingerprint density at radius 2 is 1.68 bits per heavy atom. The van der Waals surface area contributed by atoms with Gasteiger partial charge in [-0.1, -0.05) is 54.4 Å². The van der Waals surface area contributed by atoms with Gasteiger partial charge in [-0.2, -0.15) is 0 Å². The average Bonchev–Trinajstić information content (AvgIpc) is 2.93. The van der Waals surface area contributed by atoms with Gasteiger partial charge in [0.25, 0.3) is 10.0 Å². The molecule has 3 aromatic rings. The van der Waals surface area contributed by atoms with Gasteiger partial charge >= 0.3 is 0 Å². The summed E-state index contributed by atoms with van der Waals surface area (Å²) in [5.74, 6) is -0.596. The second-order valence-electron chi connectivity index (χ2n) is 9.62. The molecule has 0 saturated carbocycles. The molecule has 0 aromatic heterocycles. The maximum atomic E-state index is 14.0. The monoisotopic (exact) mass is 585 g/mol. The standard InChI is InChI=1S/C30H36ClN3O5S/c1-6-16-32-30(36)23(4)33(19-24-8-7-9-25(31)18-24)29(35)20-34(27-17-22(3)12-15-28(27)39-5)40(37,38)26-13-10-21(2)11-14-26/h7-15,17-18,23H,6,16,19-20H2,1-5H3,(H,32,36). The molecular formula is C30H36ClN3O5S. The van der Waals surface area contributed by atoms with E-state index in [4.69, 9.17) is 16.3 Å². The van der Waals surface area contributed by atoms with E-state index >= 15 is 0 Å². The van der Waals surface area contributed by atoms with Crippen molar-refractivity contribution >= 4 is 39.1 Å². The minimum Gasteiger partial charge on any atom is -0.495 e. The van der Waals surface area contributed by atoms with Crippen LogP contribution >= 0.6 is 11.6 Å². The van der Waals surface area contributed by atoms with Gasteiger partial charge in [0.05, 0.1) is 17.7 Å². The van der Waals surface area contributed by atoms with E-state index < -0.39 is 28.5 Å². The van der Waals surface area contributed by atoms with Crippen LogP contribution in [0.5, 0.6) is 5.75 Å². The van der Waals surface area contributed by atoms with E-state index in [0.29, 0.717) is 22.9 Å². The van der Waals surface area contributed by atoms with Gasteiger partial charge in [0, 0.05) is 18.1 Å². The second-order valence-corrected chi connectivity index (χ2v) is 11.9. The largest absolute Gasteiger partial charge is 0.495 e. The fourth-order valence-electron chi connectivity index (χ4n) is 4.16. The number of methoxy groups -OCH3 is 1. The molecule has 0 heterocycles. The first-order valence-electron chi connectivity index (χ1n) is 13.0. The summed E-state index contributed by atoms with van der Waals surface area (Å²) in [6, 6.07) is 17.7. The lowest BCUT2D eigenvalue weighted by atomic mass is 10.1. The third-order valence-corrected chi connectivity index (χ3v) is 8.46. The molecule has 0 bridgehead atoms. The van der Waals surface area contributed by atoms with Gasteiger partial charge in [-0.05, 0) is 74.7 Å². The normalized spacial score (nSPS) is 11.9. The molecule has 0 saturated heterocycles. The molecule has 1 atom stereocenters. The molecule has 0 fully saturated rings. The minimum absolute atomic E-state index is 0.0320. The highest BCUT2D eigenvalue weighted by Gasteiger charge is 2.33. The quantitative estimate of drug-likeness (QED) is 0.319. The van der Waals surface area contributed by atoms with Crippen LogP contribution in [0.2, 0.25) is 5.02 Å². The Hall–Kier alpha value is -3.56. The number of halogens is 1. The van der Waals surface area contributed by atoms with Gasteiger partial charge in [-0.3, -0.25) is 13.9 Å². The molecule has 0 aliphatic carbocycles. The number of rotatable bonds is 12. The Bertz CT molecular complexity index is 1440. The number of hydrogen-bond donors (Lipinski definition) is 1. The molecule has 0 radical (unpaired) electrons. The van der Waals surface area contributed by atoms with Crippen molar-refractivity contribution in [3.05, 3.63) is 88.4 Å². The van der Waals surface area contributed by atoms with Crippen LogP contribution < -0.4 is 14.4 Å². The van der Waals surface area contributed by atoms with Crippen LogP contribution in [-0.2, 0) is 26.2 Å². The summed E-state index contributed by atoms with van der Waals surface area (Å²) in [6.45, 7) is 7.21. The SMILES string of the molecule is CCCNC(=O)C(C)N(Cc1cccc(Cl)c1)C(=O)CN(c1cc(C)ccc1OC)S(=O)(=O)c1ccc(C)cc1. The third kappa shape index (κ3) is 7.55. The van der Waals surface area contributed by atoms with Crippen LogP contribution in [0.15, 0.2) is 71.6 Å². The van der Waals surface area contributed by atoms with Gasteiger partial charge in [0.1, 0.15) is 18.3 Å². The average molecular weight is 586 g/mol. The van der Waals surface area contributed by atoms with E-state index in [-0.39, 0.29) is 23.0 Å². The number of nitrogens with one attached hydrogen (secondary N) is 1. The first-order valence-corrected chi connectivity index (χ1v) is 14.9. The predicted octanol–water partition coefficient (Wildman–Crippen LogP) is 5.10. The van der Waals surface area contributed by atoms with Crippen LogP contribution in [-0.4, -0.2) is 51.4 Å². The van der Waals surface area contributed by atoms with Crippen molar-refractivity contribution in [2.24, 2.45) is 0 Å². The number of carbonyl (C=O) groups is 2. The number of hydrogen-bond acceptors (Lipinski definition) is 5. The fourth-order valence-corrected chi connectivity index (χ4v) is 5.79. The lowest BCUT2D eigenvalue weighted by molar-refractivity contribution is -0.139. The summed E-state index contributed by atoms with van der Waals surface area (Å²) in [4.78, 5) is 28.4. The van der Waals surface area contributed by atoms with Gasteiger partial charge in [0.2, 0.25) is 11.8 Å². The van der Waals surface area contributed by atoms with Crippen molar-refractivity contribution in [1.29, 1.82) is 0 Å². The number of anilines is 1. The molecule has 0 spiro atoms. The molecule has 3 aromatic carbocycles. The number of benzene rings is 3. The van der Waals surface area contributed by atoms with Crippen molar-refractivity contribution in [2.75, 3.05) is 24.5 Å². The minimum atomic E-state index is -4.20. The highest BCUT2D eigenvalue weighted by molar-refractivity contribution is 7.92. The number of aryl methyl sites for hydroxylation is 2. The maximum absolute atomic E-state index is 14.0. The van der Waals surface area contributed by atoms with E-state index in [0.717, 1.165) is 21.9 Å². The number of carbonyl (C=O) groups excluding carboxylic acids is 2. The summed E-state index contributed by atoms with van der Waals surface area (Å²) < 4.78 is 34.6. The lowest BCUT2D eigenvalue weighted by Gasteiger charge is -2.32. The Morgan fingerprint density at radius 1 is 1.00 bits per heavy atom. The molecule has 3 rings (SSSR count). The van der Waals surface area contributed by atoms with Crippen molar-refractivity contribution in [3.8, 4) is 5.75 Å². The Morgan fingerprint density at radius 3 is 2.30 bits per heavy atom. The lowest BCUT2D eigenvalue weighted by Crippen LogP contribution is -2.51. The fraction of sp³-hybridized carbons (Fsp3) is 0.333. The van der Waals surface area contributed by atoms with Gasteiger partial charge in [0.15, 0.2) is 0 Å². The number of ether oxygens (including phenoxy) is 1. The molecule has 2 amide bonds. The van der Waals surface area contributed by atoms with Gasteiger partial charge < -0.3 is 15.0 Å². The van der Waals surface area contributed by atoms with Crippen LogP contribution in [0, 0.1) is 13.8 Å². The van der Waals surface area contributed by atoms with Gasteiger partial charge in [-0.15, -0.1) is 0 Å². The van der Waals surface area contributed by atoms with E-state index in [1.165, 1.54) is 24.1 Å². The Kier molecular flexibility index (Phi) is 10.6. The molecule has 214 valence electrons. The topological polar surface area (TPSA) is 96.0 Å². The van der Waals surface area contributed by atoms with Crippen LogP contribution in [0.3, 0.4) is 0 Å². The van der Waals surface area contributed by atoms with Crippen LogP contribution in [0.4, 0.5) is 5.69 Å². The molecular weight excluding hydrogens is 550 g/mol. The second kappa shape index (κ2) is 13.7. The summed E-state index contributed by atoms with van der Waals surface area (Å²) in [6.07, 6.45) is 0.733. The highest BCUT2D eigenvalue weighted by Crippen LogP contribution is 2.34. The number of nitrogens with zero attached hydrogens (tertiary/aromatic N) is 2. The highest BCUT2D eigenvalue weighted by atomic mass is 35.5. The van der Waals surface area contributed by atoms with Crippen molar-refractivity contribution in [1.82, 2.24) is 10.2 Å². The summed E-state index contributed by atoms with van der Waals surface area (Å²) in [5.41, 5.74) is 2.61. The Labute approximate surface area is 241 Å². The zero-order valence-electron chi connectivity index (χ0n) is 23.5. The molecule has 0 aliphatic heterocycles. The molecule has 1 unspecified atom stereocenters. The molecule has 10 heteroatoms. The van der Waals surface area contributed by atoms with Crippen LogP contribution in [0.25, 0.3) is 0 Å². The zero-order chi connectivity index (χ0) is 29.4. The summed E-state index contributed by atoms with van der Waals surface area (Å²) in [5, 5.41) is 3.31. The first kappa shape index (κ1) is 31.0. The van der Waals surface area contributed by atoms with E-state index in [9.17, 15) is 18.0 Å². The van der Waals surface area contributed by atoms with E-state index in [1.54, 1.807) is 61.5 Å². The summed E-state index contributed by atoms with van der Waals surface area (Å²) >= 11 is 6.19. The molecule has 0 aliphatic rings. The molecule has 40 heavy (non-hydrogen) atoms. The maximum Gasteiger partial charge on any atom is 0.264 e. The third-order valence-electron chi connectivity index (χ3n) is 6.45. The Balaban J connectivity index is 2.09. The van der Waals surface area contributed by atoms with Crippen molar-refractivity contribution in [3.63, 3.8) is 0 Å².